The van der Waals surface area contributed by atoms with Gasteiger partial charge in [0.05, 0.1) is 5.69 Å². The molecule has 5 N–H and O–H groups in total. The molecule has 0 aliphatic heterocycles. The minimum absolute atomic E-state index is 0.0857. The number of hydrogen-bond donors (Lipinski definition) is 4. The highest BCUT2D eigenvalue weighted by Crippen LogP contribution is 2.38. The first-order valence-corrected chi connectivity index (χ1v) is 7.90. The van der Waals surface area contributed by atoms with Gasteiger partial charge < -0.3 is 10.8 Å². The van der Waals surface area contributed by atoms with Crippen molar-refractivity contribution in [2.24, 2.45) is 0 Å². The van der Waals surface area contributed by atoms with Gasteiger partial charge in [0.1, 0.15) is 15.5 Å². The number of rotatable bonds is 2. The van der Waals surface area contributed by atoms with Gasteiger partial charge in [-0.25, -0.2) is 0 Å². The van der Waals surface area contributed by atoms with E-state index in [1.54, 1.807) is 0 Å². The molecule has 0 aliphatic rings. The van der Waals surface area contributed by atoms with Crippen LogP contribution in [0.25, 0.3) is 10.8 Å². The van der Waals surface area contributed by atoms with Crippen LogP contribution in [0.3, 0.4) is 0 Å². The lowest BCUT2D eigenvalue weighted by molar-refractivity contribution is 0.464. The van der Waals surface area contributed by atoms with Crippen LogP contribution in [0.4, 0.5) is 5.69 Å². The molecule has 108 valence electrons. The molecule has 0 aliphatic carbocycles. The Morgan fingerprint density at radius 3 is 2.00 bits per heavy atom. The van der Waals surface area contributed by atoms with Gasteiger partial charge in [0.25, 0.3) is 20.2 Å². The van der Waals surface area contributed by atoms with Gasteiger partial charge in [-0.2, -0.15) is 16.8 Å². The second-order valence-corrected chi connectivity index (χ2v) is 6.67. The van der Waals surface area contributed by atoms with Gasteiger partial charge >= 0.3 is 0 Å². The number of nitrogen functional groups attached to an aromatic ring is 1. The lowest BCUT2D eigenvalue weighted by atomic mass is 10.1. The van der Waals surface area contributed by atoms with Crippen LogP contribution in [-0.2, 0) is 20.2 Å². The molecule has 0 spiro atoms. The number of phenolic OH excluding ortho intramolecular Hbond substituents is 1. The van der Waals surface area contributed by atoms with Gasteiger partial charge in [0, 0.05) is 5.39 Å². The molecule has 0 unspecified atom stereocenters. The Kier molecular flexibility index (Phi) is 3.13. The molecular formula is C10H9NO7S2. The van der Waals surface area contributed by atoms with Crippen molar-refractivity contribution in [3.63, 3.8) is 0 Å². The fraction of sp³-hybridized carbons (Fsp3) is 0. The summed E-state index contributed by atoms with van der Waals surface area (Å²) in [6, 6.07) is 4.89. The molecule has 0 bridgehead atoms. The number of fused-ring (bicyclic) bond motifs is 1. The summed E-state index contributed by atoms with van der Waals surface area (Å²) in [5.74, 6) is -0.583. The molecule has 0 amide bonds. The van der Waals surface area contributed by atoms with E-state index in [-0.39, 0.29) is 5.39 Å². The smallest absolute Gasteiger partial charge is 0.298 e. The Morgan fingerprint density at radius 1 is 0.950 bits per heavy atom. The number of anilines is 1. The average molecular weight is 319 g/mol. The van der Waals surface area contributed by atoms with Gasteiger partial charge in [0.15, 0.2) is 0 Å². The van der Waals surface area contributed by atoms with Crippen molar-refractivity contribution in [2.75, 3.05) is 5.73 Å². The average Bonchev–Trinajstić information content (AvgIpc) is 2.24. The number of nitrogens with two attached hydrogens (primary N) is 1. The molecular weight excluding hydrogens is 310 g/mol. The zero-order chi connectivity index (χ0) is 15.3. The predicted molar refractivity (Wildman–Crippen MR) is 69.7 cm³/mol. The first-order chi connectivity index (χ1) is 9.03. The van der Waals surface area contributed by atoms with Gasteiger partial charge in [0.2, 0.25) is 0 Å². The van der Waals surface area contributed by atoms with E-state index in [0.29, 0.717) is 0 Å². The highest BCUT2D eigenvalue weighted by atomic mass is 32.2. The summed E-state index contributed by atoms with van der Waals surface area (Å²) in [5, 5.41) is 9.34. The quantitative estimate of drug-likeness (QED) is 0.463. The second-order valence-electron chi connectivity index (χ2n) is 3.95. The number of aromatic hydroxyl groups is 1. The zero-order valence-corrected chi connectivity index (χ0v) is 11.3. The SMILES string of the molecule is Nc1cc2cccc(O)c2c(S(=O)(=O)O)c1S(=O)(=O)O. The maximum Gasteiger partial charge on any atom is 0.298 e. The molecule has 0 fully saturated rings. The van der Waals surface area contributed by atoms with Crippen LogP contribution >= 0.6 is 0 Å². The summed E-state index contributed by atoms with van der Waals surface area (Å²) in [5.41, 5.74) is 4.85. The molecule has 2 aromatic rings. The summed E-state index contributed by atoms with van der Waals surface area (Å²) in [6.45, 7) is 0. The van der Waals surface area contributed by atoms with Gasteiger partial charge in [-0.3, -0.25) is 9.11 Å². The fourth-order valence-corrected chi connectivity index (χ4v) is 4.07. The summed E-state index contributed by atoms with van der Waals surface area (Å²) < 4.78 is 63.8. The molecule has 2 aromatic carbocycles. The normalized spacial score (nSPS) is 12.7. The van der Waals surface area contributed by atoms with Crippen molar-refractivity contribution >= 4 is 36.7 Å². The van der Waals surface area contributed by atoms with Crippen molar-refractivity contribution in [3.05, 3.63) is 24.3 Å². The van der Waals surface area contributed by atoms with Crippen LogP contribution in [0.15, 0.2) is 34.1 Å². The molecule has 10 heteroatoms. The van der Waals surface area contributed by atoms with E-state index >= 15 is 0 Å². The highest BCUT2D eigenvalue weighted by molar-refractivity contribution is 7.89. The van der Waals surface area contributed by atoms with Crippen molar-refractivity contribution in [1.29, 1.82) is 0 Å². The predicted octanol–water partition coefficient (Wildman–Crippen LogP) is 0.621. The van der Waals surface area contributed by atoms with Gasteiger partial charge in [-0.15, -0.1) is 0 Å². The monoisotopic (exact) mass is 319 g/mol. The van der Waals surface area contributed by atoms with Crippen molar-refractivity contribution in [1.82, 2.24) is 0 Å². The molecule has 0 radical (unpaired) electrons. The van der Waals surface area contributed by atoms with Crippen LogP contribution in [0.5, 0.6) is 5.75 Å². The maximum absolute atomic E-state index is 11.4. The Bertz CT molecular complexity index is 916. The summed E-state index contributed by atoms with van der Waals surface area (Å²) in [7, 11) is -10.1. The topological polar surface area (TPSA) is 155 Å². The molecule has 0 heterocycles. The first kappa shape index (κ1) is 14.5. The molecule has 0 saturated heterocycles. The Labute approximate surface area is 114 Å². The van der Waals surface area contributed by atoms with Crippen LogP contribution in [0.2, 0.25) is 0 Å². The molecule has 8 nitrogen and oxygen atoms in total. The van der Waals surface area contributed by atoms with Crippen LogP contribution in [0.1, 0.15) is 0 Å². The van der Waals surface area contributed by atoms with Crippen LogP contribution < -0.4 is 5.73 Å². The van der Waals surface area contributed by atoms with E-state index in [9.17, 15) is 26.5 Å². The van der Waals surface area contributed by atoms with Crippen molar-refractivity contribution in [2.45, 2.75) is 9.79 Å². The number of benzene rings is 2. The first-order valence-electron chi connectivity index (χ1n) is 5.02. The fourth-order valence-electron chi connectivity index (χ4n) is 1.92. The van der Waals surface area contributed by atoms with E-state index in [1.165, 1.54) is 12.1 Å². The third kappa shape index (κ3) is 2.29. The zero-order valence-electron chi connectivity index (χ0n) is 9.68. The third-order valence-electron chi connectivity index (χ3n) is 2.60. The van der Waals surface area contributed by atoms with Crippen molar-refractivity contribution in [3.8, 4) is 5.75 Å². The molecule has 2 rings (SSSR count). The third-order valence-corrected chi connectivity index (χ3v) is 4.61. The molecule has 0 saturated carbocycles. The van der Waals surface area contributed by atoms with Crippen molar-refractivity contribution < 1.29 is 31.0 Å². The summed E-state index contributed by atoms with van der Waals surface area (Å²) >= 11 is 0. The van der Waals surface area contributed by atoms with Crippen LogP contribution in [-0.4, -0.2) is 31.0 Å². The Hall–Kier alpha value is -1.88. The Balaban J connectivity index is 3.25. The lowest BCUT2D eigenvalue weighted by Crippen LogP contribution is -2.12. The molecule has 0 aromatic heterocycles. The maximum atomic E-state index is 11.4. The number of phenols is 1. The van der Waals surface area contributed by atoms with Crippen LogP contribution in [0, 0.1) is 0 Å². The second kappa shape index (κ2) is 4.31. The highest BCUT2D eigenvalue weighted by Gasteiger charge is 2.30. The van der Waals surface area contributed by atoms with Gasteiger partial charge in [-0.1, -0.05) is 12.1 Å². The van der Waals surface area contributed by atoms with E-state index in [0.717, 1.165) is 12.1 Å². The Morgan fingerprint density at radius 2 is 1.50 bits per heavy atom. The number of hydrogen-bond acceptors (Lipinski definition) is 6. The minimum Gasteiger partial charge on any atom is -0.507 e. The molecule has 0 atom stereocenters. The summed E-state index contributed by atoms with van der Waals surface area (Å²) in [6.07, 6.45) is 0. The van der Waals surface area contributed by atoms with E-state index < -0.39 is 46.9 Å². The lowest BCUT2D eigenvalue weighted by Gasteiger charge is -2.12. The van der Waals surface area contributed by atoms with E-state index in [2.05, 4.69) is 0 Å². The van der Waals surface area contributed by atoms with E-state index in [1.807, 2.05) is 0 Å². The largest absolute Gasteiger partial charge is 0.507 e. The minimum atomic E-state index is -5.07. The van der Waals surface area contributed by atoms with E-state index in [4.69, 9.17) is 10.3 Å². The summed E-state index contributed by atoms with van der Waals surface area (Å²) in [4.78, 5) is -2.33. The standard InChI is InChI=1S/C10H9NO7S2/c11-6-4-5-2-1-3-7(12)8(5)10(20(16,17)18)9(6)19(13,14)15/h1-4,12H,11H2,(H,13,14,15)(H,16,17,18). The molecule has 20 heavy (non-hydrogen) atoms. The van der Waals surface area contributed by atoms with Gasteiger partial charge in [-0.05, 0) is 17.5 Å².